The average molecular weight is 334 g/mol. The highest BCUT2D eigenvalue weighted by Crippen LogP contribution is 2.31. The highest BCUT2D eigenvalue weighted by molar-refractivity contribution is 8.00. The SMILES string of the molecule is CN(CC(C)(C)CN)C(=O)CSc1cccc(C(F)(F)F)c1. The number of thioether (sulfide) groups is 1. The number of carbonyl (C=O) groups is 1. The first-order valence-electron chi connectivity index (χ1n) is 6.79. The van der Waals surface area contributed by atoms with Crippen molar-refractivity contribution in [3.8, 4) is 0 Å². The van der Waals surface area contributed by atoms with E-state index in [1.54, 1.807) is 18.0 Å². The van der Waals surface area contributed by atoms with Crippen LogP contribution in [0.4, 0.5) is 13.2 Å². The molecule has 7 heteroatoms. The fraction of sp³-hybridized carbons (Fsp3) is 0.533. The van der Waals surface area contributed by atoms with Gasteiger partial charge in [0, 0.05) is 18.5 Å². The summed E-state index contributed by atoms with van der Waals surface area (Å²) < 4.78 is 37.9. The zero-order chi connectivity index (χ0) is 17.0. The van der Waals surface area contributed by atoms with Gasteiger partial charge in [-0.05, 0) is 30.2 Å². The van der Waals surface area contributed by atoms with E-state index in [2.05, 4.69) is 0 Å². The summed E-state index contributed by atoms with van der Waals surface area (Å²) in [7, 11) is 1.67. The van der Waals surface area contributed by atoms with E-state index < -0.39 is 11.7 Å². The van der Waals surface area contributed by atoms with Crippen LogP contribution in [0, 0.1) is 5.41 Å². The molecular weight excluding hydrogens is 313 g/mol. The third-order valence-electron chi connectivity index (χ3n) is 3.17. The third-order valence-corrected chi connectivity index (χ3v) is 4.15. The topological polar surface area (TPSA) is 46.3 Å². The van der Waals surface area contributed by atoms with Crippen molar-refractivity contribution >= 4 is 17.7 Å². The van der Waals surface area contributed by atoms with Crippen molar-refractivity contribution in [2.45, 2.75) is 24.9 Å². The van der Waals surface area contributed by atoms with Gasteiger partial charge in [-0.3, -0.25) is 4.79 Å². The first-order valence-corrected chi connectivity index (χ1v) is 7.78. The molecule has 124 valence electrons. The van der Waals surface area contributed by atoms with E-state index >= 15 is 0 Å². The van der Waals surface area contributed by atoms with Crippen LogP contribution in [0.15, 0.2) is 29.2 Å². The molecule has 0 heterocycles. The summed E-state index contributed by atoms with van der Waals surface area (Å²) in [4.78, 5) is 14.0. The van der Waals surface area contributed by atoms with Crippen LogP contribution in [0.1, 0.15) is 19.4 Å². The number of benzene rings is 1. The maximum absolute atomic E-state index is 12.6. The molecule has 0 saturated heterocycles. The molecule has 0 saturated carbocycles. The van der Waals surface area contributed by atoms with E-state index in [-0.39, 0.29) is 17.1 Å². The molecule has 3 nitrogen and oxygen atoms in total. The lowest BCUT2D eigenvalue weighted by molar-refractivity contribution is -0.137. The summed E-state index contributed by atoms with van der Waals surface area (Å²) in [5.74, 6) is -0.0395. The number of nitrogens with two attached hydrogens (primary N) is 1. The van der Waals surface area contributed by atoms with Gasteiger partial charge in [-0.25, -0.2) is 0 Å². The van der Waals surface area contributed by atoms with Crippen molar-refractivity contribution in [3.05, 3.63) is 29.8 Å². The van der Waals surface area contributed by atoms with Gasteiger partial charge >= 0.3 is 6.18 Å². The number of hydrogen-bond donors (Lipinski definition) is 1. The lowest BCUT2D eigenvalue weighted by Crippen LogP contribution is -2.40. The maximum Gasteiger partial charge on any atom is 0.416 e. The normalized spacial score (nSPS) is 12.3. The van der Waals surface area contributed by atoms with Crippen LogP contribution in [-0.4, -0.2) is 36.7 Å². The lowest BCUT2D eigenvalue weighted by Gasteiger charge is -2.29. The van der Waals surface area contributed by atoms with Crippen LogP contribution in [0.5, 0.6) is 0 Å². The Bertz CT molecular complexity index is 518. The van der Waals surface area contributed by atoms with Crippen molar-refractivity contribution in [1.29, 1.82) is 0 Å². The molecule has 1 amide bonds. The van der Waals surface area contributed by atoms with Crippen molar-refractivity contribution in [2.24, 2.45) is 11.1 Å². The molecule has 22 heavy (non-hydrogen) atoms. The standard InChI is InChI=1S/C15H21F3N2OS/c1-14(2,9-19)10-20(3)13(21)8-22-12-6-4-5-11(7-12)15(16,17)18/h4-7H,8-10,19H2,1-3H3. The summed E-state index contributed by atoms with van der Waals surface area (Å²) in [5, 5.41) is 0. The molecule has 2 N–H and O–H groups in total. The Balaban J connectivity index is 2.61. The minimum absolute atomic E-state index is 0.0957. The monoisotopic (exact) mass is 334 g/mol. The van der Waals surface area contributed by atoms with Crippen LogP contribution in [0.2, 0.25) is 0 Å². The zero-order valence-electron chi connectivity index (χ0n) is 12.9. The highest BCUT2D eigenvalue weighted by atomic mass is 32.2. The van der Waals surface area contributed by atoms with Gasteiger partial charge < -0.3 is 10.6 Å². The Hall–Kier alpha value is -1.21. The van der Waals surface area contributed by atoms with Crippen LogP contribution >= 0.6 is 11.8 Å². The molecule has 0 fully saturated rings. The van der Waals surface area contributed by atoms with E-state index in [0.29, 0.717) is 18.0 Å². The zero-order valence-corrected chi connectivity index (χ0v) is 13.7. The molecule has 1 aromatic rings. The Morgan fingerprint density at radius 2 is 1.95 bits per heavy atom. The summed E-state index contributed by atoms with van der Waals surface area (Å²) in [6, 6.07) is 4.98. The van der Waals surface area contributed by atoms with Crippen LogP contribution < -0.4 is 5.73 Å². The molecule has 0 atom stereocenters. The number of amides is 1. The first-order chi connectivity index (χ1) is 10.0. The molecule has 0 radical (unpaired) electrons. The molecule has 1 rings (SSSR count). The van der Waals surface area contributed by atoms with Crippen LogP contribution in [0.25, 0.3) is 0 Å². The molecular formula is C15H21F3N2OS. The van der Waals surface area contributed by atoms with Crippen LogP contribution in [-0.2, 0) is 11.0 Å². The van der Waals surface area contributed by atoms with Crippen molar-refractivity contribution in [1.82, 2.24) is 4.90 Å². The van der Waals surface area contributed by atoms with Gasteiger partial charge in [-0.2, -0.15) is 13.2 Å². The molecule has 0 bridgehead atoms. The first kappa shape index (κ1) is 18.8. The van der Waals surface area contributed by atoms with E-state index in [9.17, 15) is 18.0 Å². The number of alkyl halides is 3. The molecule has 1 aromatic carbocycles. The van der Waals surface area contributed by atoms with E-state index in [1.807, 2.05) is 13.8 Å². The number of carbonyl (C=O) groups excluding carboxylic acids is 1. The summed E-state index contributed by atoms with van der Waals surface area (Å²) in [5.41, 5.74) is 4.73. The van der Waals surface area contributed by atoms with Crippen molar-refractivity contribution in [2.75, 3.05) is 25.9 Å². The number of rotatable bonds is 6. The second kappa shape index (κ2) is 7.37. The minimum atomic E-state index is -4.37. The van der Waals surface area contributed by atoms with Gasteiger partial charge in [-0.15, -0.1) is 11.8 Å². The molecule has 0 aromatic heterocycles. The number of nitrogens with zero attached hydrogens (tertiary/aromatic N) is 1. The Morgan fingerprint density at radius 3 is 2.50 bits per heavy atom. The van der Waals surface area contributed by atoms with E-state index in [4.69, 9.17) is 5.73 Å². The average Bonchev–Trinajstić information content (AvgIpc) is 2.43. The molecule has 0 aliphatic heterocycles. The molecule has 0 aliphatic rings. The number of hydrogen-bond acceptors (Lipinski definition) is 3. The van der Waals surface area contributed by atoms with Gasteiger partial charge in [0.15, 0.2) is 0 Å². The molecule has 0 aliphatic carbocycles. The van der Waals surface area contributed by atoms with Gasteiger partial charge in [0.1, 0.15) is 0 Å². The second-order valence-electron chi connectivity index (χ2n) is 5.93. The number of halogens is 3. The summed E-state index contributed by atoms with van der Waals surface area (Å²) in [6.45, 7) is 4.87. The van der Waals surface area contributed by atoms with Gasteiger partial charge in [0.05, 0.1) is 11.3 Å². The van der Waals surface area contributed by atoms with Crippen LogP contribution in [0.3, 0.4) is 0 Å². The predicted molar refractivity (Wildman–Crippen MR) is 82.6 cm³/mol. The summed E-state index contributed by atoms with van der Waals surface area (Å²) >= 11 is 1.10. The maximum atomic E-state index is 12.6. The Labute approximate surface area is 133 Å². The fourth-order valence-corrected chi connectivity index (χ4v) is 2.71. The Morgan fingerprint density at radius 1 is 1.32 bits per heavy atom. The smallest absolute Gasteiger partial charge is 0.344 e. The minimum Gasteiger partial charge on any atom is -0.344 e. The molecule has 0 unspecified atom stereocenters. The fourth-order valence-electron chi connectivity index (χ4n) is 1.81. The van der Waals surface area contributed by atoms with E-state index in [0.717, 1.165) is 23.9 Å². The summed E-state index contributed by atoms with van der Waals surface area (Å²) in [6.07, 6.45) is -4.37. The van der Waals surface area contributed by atoms with Gasteiger partial charge in [0.2, 0.25) is 5.91 Å². The largest absolute Gasteiger partial charge is 0.416 e. The van der Waals surface area contributed by atoms with Crippen molar-refractivity contribution in [3.63, 3.8) is 0 Å². The highest BCUT2D eigenvalue weighted by Gasteiger charge is 2.30. The predicted octanol–water partition coefficient (Wildman–Crippen LogP) is 3.24. The van der Waals surface area contributed by atoms with Gasteiger partial charge in [-0.1, -0.05) is 19.9 Å². The van der Waals surface area contributed by atoms with Gasteiger partial charge in [0.25, 0.3) is 0 Å². The third kappa shape index (κ3) is 5.88. The molecule has 0 spiro atoms. The van der Waals surface area contributed by atoms with E-state index in [1.165, 1.54) is 6.07 Å². The Kier molecular flexibility index (Phi) is 6.31. The van der Waals surface area contributed by atoms with Crippen molar-refractivity contribution < 1.29 is 18.0 Å². The lowest BCUT2D eigenvalue weighted by atomic mass is 9.93. The second-order valence-corrected chi connectivity index (χ2v) is 6.98. The quantitative estimate of drug-likeness (QED) is 0.813.